The van der Waals surface area contributed by atoms with Crippen LogP contribution in [0.15, 0.2) is 18.2 Å². The van der Waals surface area contributed by atoms with Crippen LogP contribution in [0.1, 0.15) is 18.9 Å². The number of rotatable bonds is 4. The van der Waals surface area contributed by atoms with Crippen molar-refractivity contribution in [1.82, 2.24) is 0 Å². The number of hydrogen-bond donors (Lipinski definition) is 0. The van der Waals surface area contributed by atoms with E-state index in [0.29, 0.717) is 12.8 Å². The summed E-state index contributed by atoms with van der Waals surface area (Å²) in [5.41, 5.74) is 1.85. The molecule has 0 radical (unpaired) electrons. The van der Waals surface area contributed by atoms with Gasteiger partial charge in [-0.1, -0.05) is 6.07 Å². The van der Waals surface area contributed by atoms with E-state index >= 15 is 0 Å². The molecule has 1 rings (SSSR count). The Balaban J connectivity index is 2.90. The van der Waals surface area contributed by atoms with E-state index in [4.69, 9.17) is 0 Å². The van der Waals surface area contributed by atoms with Crippen molar-refractivity contribution in [3.05, 3.63) is 29.6 Å². The molecule has 0 N–H and O–H groups in total. The van der Waals surface area contributed by atoms with E-state index in [1.165, 1.54) is 12.1 Å². The number of anilines is 1. The van der Waals surface area contributed by atoms with E-state index in [1.807, 2.05) is 19.0 Å². The number of hydrogen-bond acceptors (Lipinski definition) is 2. The van der Waals surface area contributed by atoms with Crippen molar-refractivity contribution in [3.63, 3.8) is 0 Å². The molecular formula is C12H16FNO. The minimum Gasteiger partial charge on any atom is -0.377 e. The second-order valence-corrected chi connectivity index (χ2v) is 3.87. The first-order valence-corrected chi connectivity index (χ1v) is 4.96. The van der Waals surface area contributed by atoms with Gasteiger partial charge in [-0.3, -0.25) is 0 Å². The van der Waals surface area contributed by atoms with Crippen LogP contribution in [0.4, 0.5) is 10.1 Å². The van der Waals surface area contributed by atoms with Crippen molar-refractivity contribution in [2.45, 2.75) is 19.8 Å². The Morgan fingerprint density at radius 2 is 2.07 bits per heavy atom. The quantitative estimate of drug-likeness (QED) is 0.759. The van der Waals surface area contributed by atoms with Crippen molar-refractivity contribution in [1.29, 1.82) is 0 Å². The standard InChI is InChI=1S/C12H16FNO/c1-9(15)4-5-10-6-7-11(13)8-12(10)14(2)3/h6-8H,4-5H2,1-3H3. The molecule has 3 heteroatoms. The molecule has 0 spiro atoms. The molecule has 2 nitrogen and oxygen atoms in total. The summed E-state index contributed by atoms with van der Waals surface area (Å²) in [4.78, 5) is 12.7. The van der Waals surface area contributed by atoms with Crippen LogP contribution in [0.25, 0.3) is 0 Å². The Hall–Kier alpha value is -1.38. The molecule has 82 valence electrons. The number of ketones is 1. The first-order valence-electron chi connectivity index (χ1n) is 4.96. The van der Waals surface area contributed by atoms with Crippen LogP contribution < -0.4 is 4.90 Å². The molecular weight excluding hydrogens is 193 g/mol. The molecule has 0 heterocycles. The van der Waals surface area contributed by atoms with E-state index in [1.54, 1.807) is 13.0 Å². The number of carbonyl (C=O) groups excluding carboxylic acids is 1. The zero-order valence-corrected chi connectivity index (χ0v) is 9.38. The maximum Gasteiger partial charge on any atom is 0.130 e. The van der Waals surface area contributed by atoms with Crippen LogP contribution in [0.5, 0.6) is 0 Å². The Kier molecular flexibility index (Phi) is 3.83. The average Bonchev–Trinajstić information content (AvgIpc) is 2.15. The van der Waals surface area contributed by atoms with Gasteiger partial charge in [-0.25, -0.2) is 4.39 Å². The van der Waals surface area contributed by atoms with Gasteiger partial charge in [0, 0.05) is 26.2 Å². The molecule has 0 unspecified atom stereocenters. The Morgan fingerprint density at radius 1 is 1.40 bits per heavy atom. The molecule has 0 fully saturated rings. The molecule has 0 aliphatic rings. The Labute approximate surface area is 89.7 Å². The van der Waals surface area contributed by atoms with Crippen LogP contribution in [0.2, 0.25) is 0 Å². The summed E-state index contributed by atoms with van der Waals surface area (Å²) in [6, 6.07) is 4.67. The van der Waals surface area contributed by atoms with Gasteiger partial charge in [0.15, 0.2) is 0 Å². The molecule has 0 saturated carbocycles. The van der Waals surface area contributed by atoms with Gasteiger partial charge in [0.1, 0.15) is 11.6 Å². The predicted octanol–water partition coefficient (Wildman–Crippen LogP) is 2.41. The molecule has 0 aliphatic carbocycles. The van der Waals surface area contributed by atoms with E-state index in [0.717, 1.165) is 11.3 Å². The van der Waals surface area contributed by atoms with Crippen LogP contribution >= 0.6 is 0 Å². The molecule has 0 atom stereocenters. The van der Waals surface area contributed by atoms with Gasteiger partial charge in [0.25, 0.3) is 0 Å². The minimum absolute atomic E-state index is 0.157. The lowest BCUT2D eigenvalue weighted by molar-refractivity contribution is -0.116. The van der Waals surface area contributed by atoms with Gasteiger partial charge in [0.05, 0.1) is 0 Å². The molecule has 0 aliphatic heterocycles. The van der Waals surface area contributed by atoms with Crippen molar-refractivity contribution < 1.29 is 9.18 Å². The van der Waals surface area contributed by atoms with Gasteiger partial charge in [0.2, 0.25) is 0 Å². The van der Waals surface area contributed by atoms with Gasteiger partial charge in [-0.15, -0.1) is 0 Å². The lowest BCUT2D eigenvalue weighted by Crippen LogP contribution is -2.12. The zero-order chi connectivity index (χ0) is 11.4. The highest BCUT2D eigenvalue weighted by molar-refractivity contribution is 5.76. The molecule has 0 bridgehead atoms. The number of halogens is 1. The highest BCUT2D eigenvalue weighted by atomic mass is 19.1. The van der Waals surface area contributed by atoms with Crippen LogP contribution in [0, 0.1) is 5.82 Å². The molecule has 0 aromatic heterocycles. The second-order valence-electron chi connectivity index (χ2n) is 3.87. The Morgan fingerprint density at radius 3 is 2.60 bits per heavy atom. The monoisotopic (exact) mass is 209 g/mol. The van der Waals surface area contributed by atoms with E-state index in [9.17, 15) is 9.18 Å². The third kappa shape index (κ3) is 3.35. The third-order valence-corrected chi connectivity index (χ3v) is 2.28. The summed E-state index contributed by atoms with van der Waals surface area (Å²) in [5.74, 6) is -0.0886. The zero-order valence-electron chi connectivity index (χ0n) is 9.38. The topological polar surface area (TPSA) is 20.3 Å². The minimum atomic E-state index is -0.245. The highest BCUT2D eigenvalue weighted by Crippen LogP contribution is 2.21. The smallest absolute Gasteiger partial charge is 0.130 e. The maximum atomic E-state index is 13.0. The van der Waals surface area contributed by atoms with E-state index in [2.05, 4.69) is 0 Å². The Bertz CT molecular complexity index is 361. The van der Waals surface area contributed by atoms with E-state index < -0.39 is 0 Å². The van der Waals surface area contributed by atoms with Crippen molar-refractivity contribution in [2.24, 2.45) is 0 Å². The van der Waals surface area contributed by atoms with Gasteiger partial charge < -0.3 is 9.69 Å². The number of nitrogens with zero attached hydrogens (tertiary/aromatic N) is 1. The molecule has 0 amide bonds. The molecule has 1 aromatic rings. The van der Waals surface area contributed by atoms with Gasteiger partial charge >= 0.3 is 0 Å². The lowest BCUT2D eigenvalue weighted by atomic mass is 10.1. The maximum absolute atomic E-state index is 13.0. The first-order chi connectivity index (χ1) is 7.00. The summed E-state index contributed by atoms with van der Waals surface area (Å²) in [6.07, 6.45) is 1.18. The second kappa shape index (κ2) is 4.91. The van der Waals surface area contributed by atoms with Crippen molar-refractivity contribution >= 4 is 11.5 Å². The SMILES string of the molecule is CC(=O)CCc1ccc(F)cc1N(C)C. The fourth-order valence-corrected chi connectivity index (χ4v) is 1.48. The normalized spacial score (nSPS) is 10.1. The molecule has 15 heavy (non-hydrogen) atoms. The fraction of sp³-hybridized carbons (Fsp3) is 0.417. The van der Waals surface area contributed by atoms with Crippen LogP contribution in [0.3, 0.4) is 0 Å². The predicted molar refractivity (Wildman–Crippen MR) is 59.7 cm³/mol. The third-order valence-electron chi connectivity index (χ3n) is 2.28. The average molecular weight is 209 g/mol. The van der Waals surface area contributed by atoms with Gasteiger partial charge in [-0.05, 0) is 31.0 Å². The fourth-order valence-electron chi connectivity index (χ4n) is 1.48. The van der Waals surface area contributed by atoms with Crippen molar-refractivity contribution in [3.8, 4) is 0 Å². The van der Waals surface area contributed by atoms with Crippen LogP contribution in [-0.4, -0.2) is 19.9 Å². The summed E-state index contributed by atoms with van der Waals surface area (Å²) >= 11 is 0. The van der Waals surface area contributed by atoms with Crippen LogP contribution in [-0.2, 0) is 11.2 Å². The number of Topliss-reactive ketones (excluding diaryl/α,β-unsaturated/α-hetero) is 1. The largest absolute Gasteiger partial charge is 0.377 e. The van der Waals surface area contributed by atoms with Crippen molar-refractivity contribution in [2.75, 3.05) is 19.0 Å². The number of carbonyl (C=O) groups is 1. The summed E-state index contributed by atoms with van der Waals surface area (Å²) in [7, 11) is 3.73. The number of aryl methyl sites for hydroxylation is 1. The molecule has 1 aromatic carbocycles. The first kappa shape index (κ1) is 11.7. The lowest BCUT2D eigenvalue weighted by Gasteiger charge is -2.17. The summed E-state index contributed by atoms with van der Waals surface area (Å²) in [5, 5.41) is 0. The molecule has 0 saturated heterocycles. The van der Waals surface area contributed by atoms with Gasteiger partial charge in [-0.2, -0.15) is 0 Å². The van der Waals surface area contributed by atoms with E-state index in [-0.39, 0.29) is 11.6 Å². The number of benzene rings is 1. The summed E-state index contributed by atoms with van der Waals surface area (Å²) < 4.78 is 13.0. The highest BCUT2D eigenvalue weighted by Gasteiger charge is 2.06. The summed E-state index contributed by atoms with van der Waals surface area (Å²) in [6.45, 7) is 1.57.